The van der Waals surface area contributed by atoms with Gasteiger partial charge >= 0.3 is 0 Å². The highest BCUT2D eigenvalue weighted by Crippen LogP contribution is 2.13. The molecule has 0 spiro atoms. The van der Waals surface area contributed by atoms with Crippen LogP contribution in [0.2, 0.25) is 0 Å². The first-order valence-electron chi connectivity index (χ1n) is 4.63. The highest BCUT2D eigenvalue weighted by molar-refractivity contribution is 5.56. The van der Waals surface area contributed by atoms with Crippen molar-refractivity contribution in [3.05, 3.63) is 52.3 Å². The lowest BCUT2D eigenvalue weighted by Crippen LogP contribution is -2.07. The highest BCUT2D eigenvalue weighted by atomic mass is 16.1. The minimum Gasteiger partial charge on any atom is -0.339 e. The smallest absolute Gasteiger partial charge is 0.264 e. The molecule has 0 aliphatic carbocycles. The Hall–Kier alpha value is -2.10. The van der Waals surface area contributed by atoms with Gasteiger partial charge in [-0.05, 0) is 30.7 Å². The standard InChI is InChI=1S/C11H11N3O/c1-8-3-2-4-9(7-8)12-10-5-6-11(15)14-13-10/h2-7H,1H3,(H,12,13)(H,14,15). The molecule has 0 amide bonds. The van der Waals surface area contributed by atoms with E-state index in [1.54, 1.807) is 6.07 Å². The fraction of sp³-hybridized carbons (Fsp3) is 0.0909. The van der Waals surface area contributed by atoms with Gasteiger partial charge in [0.05, 0.1) is 0 Å². The molecule has 4 nitrogen and oxygen atoms in total. The number of anilines is 2. The number of aryl methyl sites for hydroxylation is 1. The summed E-state index contributed by atoms with van der Waals surface area (Å²) in [4.78, 5) is 10.8. The van der Waals surface area contributed by atoms with Gasteiger partial charge in [-0.25, -0.2) is 5.10 Å². The third-order valence-corrected chi connectivity index (χ3v) is 1.97. The second-order valence-corrected chi connectivity index (χ2v) is 3.30. The van der Waals surface area contributed by atoms with Crippen molar-refractivity contribution < 1.29 is 0 Å². The van der Waals surface area contributed by atoms with Gasteiger partial charge in [-0.15, -0.1) is 0 Å². The quantitative estimate of drug-likeness (QED) is 0.779. The number of aromatic nitrogens is 2. The fourth-order valence-corrected chi connectivity index (χ4v) is 1.28. The van der Waals surface area contributed by atoms with Gasteiger partial charge in [0.15, 0.2) is 5.82 Å². The first-order valence-corrected chi connectivity index (χ1v) is 4.63. The maximum absolute atomic E-state index is 10.8. The van der Waals surface area contributed by atoms with E-state index in [0.717, 1.165) is 5.69 Å². The number of rotatable bonds is 2. The Labute approximate surface area is 87.0 Å². The molecule has 1 aromatic carbocycles. The molecule has 2 rings (SSSR count). The van der Waals surface area contributed by atoms with Crippen molar-refractivity contribution >= 4 is 11.5 Å². The SMILES string of the molecule is Cc1cccc(Nc2ccc(=O)[nH]n2)c1. The third-order valence-electron chi connectivity index (χ3n) is 1.97. The second-order valence-electron chi connectivity index (χ2n) is 3.30. The summed E-state index contributed by atoms with van der Waals surface area (Å²) in [6.45, 7) is 2.02. The van der Waals surface area contributed by atoms with Crippen LogP contribution < -0.4 is 10.9 Å². The van der Waals surface area contributed by atoms with Crippen molar-refractivity contribution in [2.45, 2.75) is 6.92 Å². The first kappa shape index (κ1) is 9.45. The van der Waals surface area contributed by atoms with E-state index in [9.17, 15) is 4.79 Å². The van der Waals surface area contributed by atoms with Gasteiger partial charge in [-0.2, -0.15) is 5.10 Å². The Kier molecular flexibility index (Phi) is 2.49. The number of hydrogen-bond acceptors (Lipinski definition) is 3. The second kappa shape index (κ2) is 3.96. The summed E-state index contributed by atoms with van der Waals surface area (Å²) in [5.41, 5.74) is 1.92. The molecule has 0 bridgehead atoms. The van der Waals surface area contributed by atoms with Crippen LogP contribution in [0.5, 0.6) is 0 Å². The Morgan fingerprint density at radius 2 is 2.13 bits per heavy atom. The number of nitrogens with one attached hydrogen (secondary N) is 2. The molecule has 2 N–H and O–H groups in total. The topological polar surface area (TPSA) is 57.8 Å². The largest absolute Gasteiger partial charge is 0.339 e. The van der Waals surface area contributed by atoms with Gasteiger partial charge in [0.1, 0.15) is 0 Å². The zero-order valence-corrected chi connectivity index (χ0v) is 8.32. The van der Waals surface area contributed by atoms with E-state index in [1.807, 2.05) is 31.2 Å². The van der Waals surface area contributed by atoms with Crippen molar-refractivity contribution in [2.24, 2.45) is 0 Å². The molecule has 0 aliphatic rings. The maximum Gasteiger partial charge on any atom is 0.264 e. The molecule has 15 heavy (non-hydrogen) atoms. The maximum atomic E-state index is 10.8. The van der Waals surface area contributed by atoms with Gasteiger partial charge in [-0.3, -0.25) is 4.79 Å². The van der Waals surface area contributed by atoms with Gasteiger partial charge in [0.25, 0.3) is 5.56 Å². The van der Waals surface area contributed by atoms with Crippen LogP contribution >= 0.6 is 0 Å². The van der Waals surface area contributed by atoms with Crippen molar-refractivity contribution in [1.82, 2.24) is 10.2 Å². The summed E-state index contributed by atoms with van der Waals surface area (Å²) in [5.74, 6) is 0.625. The predicted octanol–water partition coefficient (Wildman–Crippen LogP) is 1.82. The lowest BCUT2D eigenvalue weighted by molar-refractivity contribution is 0.994. The Morgan fingerprint density at radius 3 is 2.80 bits per heavy atom. The molecule has 1 aromatic heterocycles. The number of benzene rings is 1. The van der Waals surface area contributed by atoms with E-state index < -0.39 is 0 Å². The van der Waals surface area contributed by atoms with Crippen LogP contribution in [0.3, 0.4) is 0 Å². The molecule has 1 heterocycles. The van der Waals surface area contributed by atoms with E-state index in [4.69, 9.17) is 0 Å². The Balaban J connectivity index is 2.22. The average Bonchev–Trinajstić information content (AvgIpc) is 2.22. The molecule has 76 valence electrons. The van der Waals surface area contributed by atoms with Crippen molar-refractivity contribution in [2.75, 3.05) is 5.32 Å². The van der Waals surface area contributed by atoms with E-state index in [2.05, 4.69) is 15.5 Å². The zero-order chi connectivity index (χ0) is 10.7. The molecule has 0 atom stereocenters. The molecule has 4 heteroatoms. The third kappa shape index (κ3) is 2.43. The molecule has 0 fully saturated rings. The van der Waals surface area contributed by atoms with Crippen LogP contribution in [0.25, 0.3) is 0 Å². The van der Waals surface area contributed by atoms with Gasteiger partial charge in [0, 0.05) is 11.8 Å². The predicted molar refractivity (Wildman–Crippen MR) is 59.3 cm³/mol. The van der Waals surface area contributed by atoms with Crippen LogP contribution in [0.4, 0.5) is 11.5 Å². The van der Waals surface area contributed by atoms with Crippen LogP contribution in [0.1, 0.15) is 5.56 Å². The average molecular weight is 201 g/mol. The molecule has 0 saturated heterocycles. The molecular formula is C11H11N3O. The summed E-state index contributed by atoms with van der Waals surface area (Å²) >= 11 is 0. The van der Waals surface area contributed by atoms with Crippen LogP contribution in [-0.4, -0.2) is 10.2 Å². The summed E-state index contributed by atoms with van der Waals surface area (Å²) in [6.07, 6.45) is 0. The summed E-state index contributed by atoms with van der Waals surface area (Å²) in [6, 6.07) is 11.0. The normalized spacial score (nSPS) is 9.93. The number of hydrogen-bond donors (Lipinski definition) is 2. The molecule has 0 unspecified atom stereocenters. The first-order chi connectivity index (χ1) is 7.24. The summed E-state index contributed by atoms with van der Waals surface area (Å²) < 4.78 is 0. The molecule has 2 aromatic rings. The Bertz CT molecular complexity index is 499. The summed E-state index contributed by atoms with van der Waals surface area (Å²) in [7, 11) is 0. The number of H-pyrrole nitrogens is 1. The van der Waals surface area contributed by atoms with Crippen molar-refractivity contribution in [3.63, 3.8) is 0 Å². The molecule has 0 aliphatic heterocycles. The monoisotopic (exact) mass is 201 g/mol. The van der Waals surface area contributed by atoms with Gasteiger partial charge in [-0.1, -0.05) is 12.1 Å². The molecule has 0 saturated carbocycles. The number of aromatic amines is 1. The lowest BCUT2D eigenvalue weighted by Gasteiger charge is -2.04. The van der Waals surface area contributed by atoms with E-state index in [0.29, 0.717) is 5.82 Å². The minimum atomic E-state index is -0.204. The minimum absolute atomic E-state index is 0.204. The van der Waals surface area contributed by atoms with Crippen LogP contribution in [0.15, 0.2) is 41.2 Å². The molecule has 0 radical (unpaired) electrons. The van der Waals surface area contributed by atoms with Gasteiger partial charge < -0.3 is 5.32 Å². The number of nitrogens with zero attached hydrogens (tertiary/aromatic N) is 1. The lowest BCUT2D eigenvalue weighted by atomic mass is 10.2. The van der Waals surface area contributed by atoms with E-state index in [-0.39, 0.29) is 5.56 Å². The molecular weight excluding hydrogens is 190 g/mol. The van der Waals surface area contributed by atoms with Gasteiger partial charge in [0.2, 0.25) is 0 Å². The van der Waals surface area contributed by atoms with E-state index in [1.165, 1.54) is 11.6 Å². The Morgan fingerprint density at radius 1 is 1.27 bits per heavy atom. The zero-order valence-electron chi connectivity index (χ0n) is 8.32. The van der Waals surface area contributed by atoms with Crippen LogP contribution in [0, 0.1) is 6.92 Å². The van der Waals surface area contributed by atoms with Crippen LogP contribution in [-0.2, 0) is 0 Å². The van der Waals surface area contributed by atoms with E-state index >= 15 is 0 Å². The van der Waals surface area contributed by atoms with Crippen molar-refractivity contribution in [1.29, 1.82) is 0 Å². The summed E-state index contributed by atoms with van der Waals surface area (Å²) in [5, 5.41) is 9.31. The highest BCUT2D eigenvalue weighted by Gasteiger charge is 1.95. The fourth-order valence-electron chi connectivity index (χ4n) is 1.28. The van der Waals surface area contributed by atoms with Crippen molar-refractivity contribution in [3.8, 4) is 0 Å².